The highest BCUT2D eigenvalue weighted by atomic mass is 19.1. The number of rotatable bonds is 11. The van der Waals surface area contributed by atoms with E-state index in [-0.39, 0.29) is 17.7 Å². The Labute approximate surface area is 237 Å². The van der Waals surface area contributed by atoms with E-state index < -0.39 is 5.82 Å². The van der Waals surface area contributed by atoms with E-state index in [0.29, 0.717) is 58.4 Å². The van der Waals surface area contributed by atoms with E-state index in [1.54, 1.807) is 62.6 Å². The Hall–Kier alpha value is -4.38. The summed E-state index contributed by atoms with van der Waals surface area (Å²) in [5.74, 6) is 1.01. The number of anilines is 2. The van der Waals surface area contributed by atoms with Crippen LogP contribution in [0.2, 0.25) is 0 Å². The number of halogens is 1. The first-order valence-corrected chi connectivity index (χ1v) is 13.6. The van der Waals surface area contributed by atoms with Crippen molar-refractivity contribution in [3.63, 3.8) is 0 Å². The van der Waals surface area contributed by atoms with Crippen molar-refractivity contribution in [3.05, 3.63) is 60.2 Å². The van der Waals surface area contributed by atoms with E-state index >= 15 is 4.39 Å². The van der Waals surface area contributed by atoms with Gasteiger partial charge in [-0.2, -0.15) is 5.10 Å². The number of carbonyl (C=O) groups is 1. The molecule has 1 saturated carbocycles. The van der Waals surface area contributed by atoms with Gasteiger partial charge in [-0.25, -0.2) is 4.39 Å². The summed E-state index contributed by atoms with van der Waals surface area (Å²) in [5, 5.41) is 11.2. The van der Waals surface area contributed by atoms with Gasteiger partial charge < -0.3 is 29.6 Å². The van der Waals surface area contributed by atoms with Gasteiger partial charge in [-0.1, -0.05) is 19.3 Å². The van der Waals surface area contributed by atoms with Crippen molar-refractivity contribution in [2.45, 2.75) is 38.1 Å². The van der Waals surface area contributed by atoms with E-state index in [1.807, 2.05) is 0 Å². The van der Waals surface area contributed by atoms with Crippen LogP contribution in [0, 0.1) is 5.82 Å². The first-order valence-electron chi connectivity index (χ1n) is 13.6. The second-order valence-corrected chi connectivity index (χ2v) is 9.92. The van der Waals surface area contributed by atoms with Gasteiger partial charge >= 0.3 is 0 Å². The van der Waals surface area contributed by atoms with Crippen molar-refractivity contribution < 1.29 is 28.1 Å². The van der Waals surface area contributed by atoms with Crippen molar-refractivity contribution in [1.29, 1.82) is 0 Å². The number of nitrogens with zero attached hydrogens (tertiary/aromatic N) is 3. The smallest absolute Gasteiger partial charge is 0.256 e. The quantitative estimate of drug-likeness (QED) is 0.223. The van der Waals surface area contributed by atoms with E-state index in [1.165, 1.54) is 18.6 Å². The van der Waals surface area contributed by atoms with Gasteiger partial charge in [0.25, 0.3) is 5.91 Å². The number of pyridine rings is 1. The number of aryl methyl sites for hydroxylation is 1. The highest BCUT2D eigenvalue weighted by Gasteiger charge is 2.21. The van der Waals surface area contributed by atoms with Gasteiger partial charge in [0, 0.05) is 55.8 Å². The van der Waals surface area contributed by atoms with Crippen LogP contribution in [-0.4, -0.2) is 54.1 Å². The predicted octanol–water partition coefficient (Wildman–Crippen LogP) is 5.74. The molecule has 1 aliphatic carbocycles. The van der Waals surface area contributed by atoms with Crippen molar-refractivity contribution in [2.75, 3.05) is 32.8 Å². The topological polar surface area (TPSA) is 109 Å². The molecule has 11 heteroatoms. The molecule has 0 spiro atoms. The van der Waals surface area contributed by atoms with Gasteiger partial charge in [0.1, 0.15) is 17.9 Å². The Bertz CT molecular complexity index is 1520. The molecule has 0 aliphatic heterocycles. The summed E-state index contributed by atoms with van der Waals surface area (Å²) in [5.41, 5.74) is 1.43. The molecule has 10 nitrogen and oxygen atoms in total. The standard InChI is InChI=1S/C30H34FN5O5/c1-36-18-22(30(37)34-19-7-5-4-6-8-19)29(35-36)33-20-9-10-26(23(31)15-20)41-25-11-12-32-24-17-28(40-14-13-38-2)27(39-3)16-21(24)25/h9-12,15-19H,4-8,13-14H2,1-3H3,(H,33,35)(H,34,37). The molecule has 2 aromatic carbocycles. The first kappa shape index (κ1) is 28.2. The van der Waals surface area contributed by atoms with E-state index in [9.17, 15) is 4.79 Å². The molecule has 2 aromatic heterocycles. The van der Waals surface area contributed by atoms with Crippen molar-refractivity contribution in [2.24, 2.45) is 7.05 Å². The Morgan fingerprint density at radius 3 is 2.61 bits per heavy atom. The lowest BCUT2D eigenvalue weighted by molar-refractivity contribution is 0.0928. The van der Waals surface area contributed by atoms with Crippen LogP contribution in [-0.2, 0) is 11.8 Å². The fourth-order valence-electron chi connectivity index (χ4n) is 4.90. The van der Waals surface area contributed by atoms with Gasteiger partial charge in [-0.3, -0.25) is 14.5 Å². The van der Waals surface area contributed by atoms with E-state index in [0.717, 1.165) is 25.7 Å². The van der Waals surface area contributed by atoms with E-state index in [4.69, 9.17) is 18.9 Å². The zero-order chi connectivity index (χ0) is 28.8. The van der Waals surface area contributed by atoms with Crippen LogP contribution in [0.4, 0.5) is 15.9 Å². The number of hydrogen-bond acceptors (Lipinski definition) is 8. The summed E-state index contributed by atoms with van der Waals surface area (Å²) in [4.78, 5) is 17.4. The van der Waals surface area contributed by atoms with Crippen LogP contribution in [0.1, 0.15) is 42.5 Å². The van der Waals surface area contributed by atoms with Crippen molar-refractivity contribution in [1.82, 2.24) is 20.1 Å². The summed E-state index contributed by atoms with van der Waals surface area (Å²) in [6.07, 6.45) is 8.62. The molecular formula is C30H34FN5O5. The molecule has 2 heterocycles. The minimum absolute atomic E-state index is 0.0266. The lowest BCUT2D eigenvalue weighted by Gasteiger charge is -2.22. The second-order valence-electron chi connectivity index (χ2n) is 9.92. The third-order valence-corrected chi connectivity index (χ3v) is 6.96. The fourth-order valence-corrected chi connectivity index (χ4v) is 4.90. The van der Waals surface area contributed by atoms with Gasteiger partial charge in [0.15, 0.2) is 28.9 Å². The molecule has 1 amide bonds. The van der Waals surface area contributed by atoms with Crippen molar-refractivity contribution in [3.8, 4) is 23.0 Å². The average molecular weight is 564 g/mol. The molecule has 2 N–H and O–H groups in total. The minimum atomic E-state index is -0.587. The maximum atomic E-state index is 15.3. The van der Waals surface area contributed by atoms with Crippen LogP contribution in [0.25, 0.3) is 10.9 Å². The third kappa shape index (κ3) is 6.68. The number of nitrogens with one attached hydrogen (secondary N) is 2. The second kappa shape index (κ2) is 12.9. The lowest BCUT2D eigenvalue weighted by atomic mass is 9.95. The summed E-state index contributed by atoms with van der Waals surface area (Å²) < 4.78 is 39.1. The van der Waals surface area contributed by atoms with Gasteiger partial charge in [0.05, 0.1) is 19.2 Å². The maximum absolute atomic E-state index is 15.3. The number of fused-ring (bicyclic) bond motifs is 1. The zero-order valence-electron chi connectivity index (χ0n) is 23.4. The molecular weight excluding hydrogens is 529 g/mol. The molecule has 0 bridgehead atoms. The molecule has 5 rings (SSSR count). The molecule has 0 saturated heterocycles. The Morgan fingerprint density at radius 2 is 1.85 bits per heavy atom. The molecule has 1 aliphatic rings. The number of benzene rings is 2. The maximum Gasteiger partial charge on any atom is 0.256 e. The fraction of sp³-hybridized carbons (Fsp3) is 0.367. The molecule has 41 heavy (non-hydrogen) atoms. The van der Waals surface area contributed by atoms with Gasteiger partial charge in [-0.15, -0.1) is 0 Å². The molecule has 0 radical (unpaired) electrons. The van der Waals surface area contributed by atoms with Crippen LogP contribution in [0.3, 0.4) is 0 Å². The summed E-state index contributed by atoms with van der Waals surface area (Å²) >= 11 is 0. The Balaban J connectivity index is 1.33. The zero-order valence-corrected chi connectivity index (χ0v) is 23.4. The van der Waals surface area contributed by atoms with Crippen molar-refractivity contribution >= 4 is 28.3 Å². The van der Waals surface area contributed by atoms with Crippen LogP contribution < -0.4 is 24.8 Å². The highest BCUT2D eigenvalue weighted by molar-refractivity contribution is 5.99. The highest BCUT2D eigenvalue weighted by Crippen LogP contribution is 2.38. The normalized spacial score (nSPS) is 13.7. The van der Waals surface area contributed by atoms with Gasteiger partial charge in [-0.05, 0) is 37.1 Å². The van der Waals surface area contributed by atoms with Gasteiger partial charge in [0.2, 0.25) is 0 Å². The van der Waals surface area contributed by atoms with Crippen LogP contribution in [0.5, 0.6) is 23.0 Å². The lowest BCUT2D eigenvalue weighted by Crippen LogP contribution is -2.36. The SMILES string of the molecule is COCCOc1cc2nccc(Oc3ccc(Nc4nn(C)cc4C(=O)NC4CCCCC4)cc3F)c2cc1OC. The Morgan fingerprint density at radius 1 is 1.02 bits per heavy atom. The minimum Gasteiger partial charge on any atom is -0.493 e. The molecule has 216 valence electrons. The number of ether oxygens (including phenoxy) is 4. The molecule has 0 atom stereocenters. The largest absolute Gasteiger partial charge is 0.493 e. The van der Waals surface area contributed by atoms with Crippen LogP contribution in [0.15, 0.2) is 48.8 Å². The summed E-state index contributed by atoms with van der Waals surface area (Å²) in [7, 11) is 4.88. The number of amides is 1. The molecule has 1 fully saturated rings. The number of hydrogen-bond donors (Lipinski definition) is 2. The average Bonchev–Trinajstić information content (AvgIpc) is 3.34. The first-order chi connectivity index (χ1) is 19.9. The third-order valence-electron chi connectivity index (χ3n) is 6.96. The monoisotopic (exact) mass is 563 g/mol. The number of carbonyl (C=O) groups excluding carboxylic acids is 1. The van der Waals surface area contributed by atoms with E-state index in [2.05, 4.69) is 20.7 Å². The Kier molecular flexibility index (Phi) is 8.83. The predicted molar refractivity (Wildman–Crippen MR) is 153 cm³/mol. The molecule has 4 aromatic rings. The number of methoxy groups -OCH3 is 2. The summed E-state index contributed by atoms with van der Waals surface area (Å²) in [6, 6.07) is 9.80. The molecule has 0 unspecified atom stereocenters. The van der Waals surface area contributed by atoms with Crippen LogP contribution >= 0.6 is 0 Å². The summed E-state index contributed by atoms with van der Waals surface area (Å²) in [6.45, 7) is 0.780. The number of aromatic nitrogens is 3.